The number of halogens is 1. The van der Waals surface area contributed by atoms with Crippen molar-refractivity contribution in [3.8, 4) is 0 Å². The number of aliphatic hydroxyl groups excluding tert-OH is 1. The molecule has 0 saturated carbocycles. The maximum Gasteiger partial charge on any atom is 0.185 e. The molecule has 1 N–H and O–H groups in total. The zero-order valence-corrected chi connectivity index (χ0v) is 8.10. The van der Waals surface area contributed by atoms with Crippen molar-refractivity contribution in [2.75, 3.05) is 33.5 Å². The van der Waals surface area contributed by atoms with Crippen molar-refractivity contribution >= 4 is 0 Å². The van der Waals surface area contributed by atoms with Crippen LogP contribution in [0.2, 0.25) is 0 Å². The van der Waals surface area contributed by atoms with E-state index in [1.807, 2.05) is 0 Å². The van der Waals surface area contributed by atoms with Crippen molar-refractivity contribution in [2.24, 2.45) is 0 Å². The highest BCUT2D eigenvalue weighted by Crippen LogP contribution is 1.97. The van der Waals surface area contributed by atoms with Crippen LogP contribution in [0.15, 0.2) is 0 Å². The van der Waals surface area contributed by atoms with E-state index in [1.54, 1.807) is 0 Å². The van der Waals surface area contributed by atoms with Crippen LogP contribution in [-0.2, 0) is 0 Å². The Morgan fingerprint density at radius 3 is 1.27 bits per heavy atom. The Morgan fingerprint density at radius 1 is 1.09 bits per heavy atom. The molecule has 0 aliphatic heterocycles. The van der Waals surface area contributed by atoms with Gasteiger partial charge in [0, 0.05) is 0 Å². The summed E-state index contributed by atoms with van der Waals surface area (Å²) in [4.78, 5) is 0. The van der Waals surface area contributed by atoms with Gasteiger partial charge < -0.3 is 9.59 Å². The highest BCUT2D eigenvalue weighted by Gasteiger charge is 2.10. The summed E-state index contributed by atoms with van der Waals surface area (Å²) >= 11 is 0. The minimum Gasteiger partial charge on any atom is -0.366 e. The minimum absolute atomic E-state index is 1.21. The summed E-state index contributed by atoms with van der Waals surface area (Å²) in [7, 11) is 2.29. The van der Waals surface area contributed by atoms with Gasteiger partial charge in [0.15, 0.2) is 6.86 Å². The molecular formula is C8H21FNO+. The Labute approximate surface area is 69.2 Å². The predicted molar refractivity (Wildman–Crippen MR) is 46.0 cm³/mol. The number of alkyl halides is 1. The fourth-order valence-corrected chi connectivity index (χ4v) is 0.671. The maximum atomic E-state index is 9.85. The lowest BCUT2D eigenvalue weighted by atomic mass is 10.4. The molecular weight excluding hydrogens is 145 g/mol. The molecule has 0 fully saturated rings. The number of aliphatic hydroxyl groups is 1. The van der Waals surface area contributed by atoms with Gasteiger partial charge >= 0.3 is 0 Å². The van der Waals surface area contributed by atoms with E-state index in [0.717, 1.165) is 0 Å². The second-order valence-electron chi connectivity index (χ2n) is 2.69. The Hall–Kier alpha value is -0.150. The topological polar surface area (TPSA) is 20.2 Å². The van der Waals surface area contributed by atoms with Crippen LogP contribution in [0, 0.1) is 0 Å². The highest BCUT2D eigenvalue weighted by molar-refractivity contribution is 4.24. The summed E-state index contributed by atoms with van der Waals surface area (Å²) in [6.45, 7) is 9.25. The first-order valence-corrected chi connectivity index (χ1v) is 4.10. The lowest BCUT2D eigenvalue weighted by molar-refractivity contribution is -0.904. The molecule has 0 spiro atoms. The van der Waals surface area contributed by atoms with Gasteiger partial charge in [0.1, 0.15) is 0 Å². The predicted octanol–water partition coefficient (Wildman–Crippen LogP) is 1.40. The molecule has 3 heteroatoms. The minimum atomic E-state index is -1.25. The molecule has 0 radical (unpaired) electrons. The molecule has 0 aromatic heterocycles. The van der Waals surface area contributed by atoms with Crippen molar-refractivity contribution in [1.29, 1.82) is 0 Å². The maximum absolute atomic E-state index is 9.85. The van der Waals surface area contributed by atoms with E-state index >= 15 is 0 Å². The van der Waals surface area contributed by atoms with Crippen LogP contribution in [0.25, 0.3) is 0 Å². The number of hydrogen-bond donors (Lipinski definition) is 1. The third kappa shape index (κ3) is 7.75. The van der Waals surface area contributed by atoms with Crippen LogP contribution in [0.5, 0.6) is 0 Å². The number of hydrogen-bond acceptors (Lipinski definition) is 1. The van der Waals surface area contributed by atoms with E-state index in [2.05, 4.69) is 27.8 Å². The Kier molecular flexibility index (Phi) is 9.72. The second kappa shape index (κ2) is 7.95. The molecule has 11 heavy (non-hydrogen) atoms. The first-order chi connectivity index (χ1) is 5.10. The zero-order valence-electron chi connectivity index (χ0n) is 8.10. The van der Waals surface area contributed by atoms with E-state index in [9.17, 15) is 4.39 Å². The Bertz CT molecular complexity index is 66.2. The molecule has 0 atom stereocenters. The zero-order chi connectivity index (χ0) is 9.33. The summed E-state index contributed by atoms with van der Waals surface area (Å²) in [5, 5.41) is 6.90. The van der Waals surface area contributed by atoms with Crippen LogP contribution in [0.3, 0.4) is 0 Å². The number of nitrogens with zero attached hydrogens (tertiary/aromatic N) is 1. The third-order valence-corrected chi connectivity index (χ3v) is 2.29. The van der Waals surface area contributed by atoms with Crippen molar-refractivity contribution in [1.82, 2.24) is 0 Å². The first-order valence-electron chi connectivity index (χ1n) is 4.10. The van der Waals surface area contributed by atoms with Gasteiger partial charge in [0.2, 0.25) is 0 Å². The van der Waals surface area contributed by atoms with Crippen LogP contribution in [0.4, 0.5) is 4.39 Å². The van der Waals surface area contributed by atoms with Gasteiger partial charge in [-0.05, 0) is 20.8 Å². The van der Waals surface area contributed by atoms with E-state index < -0.39 is 6.86 Å². The molecule has 2 nitrogen and oxygen atoms in total. The summed E-state index contributed by atoms with van der Waals surface area (Å²) in [5.74, 6) is 0. The van der Waals surface area contributed by atoms with Gasteiger partial charge in [-0.15, -0.1) is 0 Å². The Morgan fingerprint density at radius 2 is 1.27 bits per heavy atom. The molecule has 0 rings (SSSR count). The summed E-state index contributed by atoms with van der Waals surface area (Å²) in [6, 6.07) is 0. The molecule has 0 amide bonds. The Balaban J connectivity index is 0. The summed E-state index contributed by atoms with van der Waals surface area (Å²) in [6.07, 6.45) is 0. The molecule has 0 unspecified atom stereocenters. The fraction of sp³-hybridized carbons (Fsp3) is 1.00. The summed E-state index contributed by atoms with van der Waals surface area (Å²) in [5.41, 5.74) is 0. The molecule has 0 aliphatic carbocycles. The molecule has 0 aromatic rings. The average molecular weight is 166 g/mol. The lowest BCUT2D eigenvalue weighted by Gasteiger charge is -2.30. The van der Waals surface area contributed by atoms with Gasteiger partial charge in [-0.3, -0.25) is 0 Å². The molecule has 0 aromatic carbocycles. The normalized spacial score (nSPS) is 10.4. The van der Waals surface area contributed by atoms with Gasteiger partial charge in [-0.25, -0.2) is 4.39 Å². The third-order valence-electron chi connectivity index (χ3n) is 2.29. The molecule has 0 saturated heterocycles. The van der Waals surface area contributed by atoms with Gasteiger partial charge in [0.05, 0.1) is 26.7 Å². The highest BCUT2D eigenvalue weighted by atomic mass is 19.1. The van der Waals surface area contributed by atoms with Crippen molar-refractivity contribution < 1.29 is 14.0 Å². The van der Waals surface area contributed by atoms with Crippen LogP contribution in [0.1, 0.15) is 20.8 Å². The number of quaternary nitrogens is 1. The molecule has 0 heterocycles. The molecule has 0 bridgehead atoms. The van der Waals surface area contributed by atoms with Gasteiger partial charge in [0.25, 0.3) is 0 Å². The lowest BCUT2D eigenvalue weighted by Crippen LogP contribution is -2.42. The molecule has 70 valence electrons. The van der Waals surface area contributed by atoms with Crippen LogP contribution < -0.4 is 0 Å². The standard InChI is InChI=1S/C7H18N.CH3FO/c1-5-8(4,6-2)7-3;2-1-3/h5-7H2,1-4H3;3H,1H2/q+1;. The SMILES string of the molecule is CC[N+](C)(CC)CC.OCF. The second-order valence-corrected chi connectivity index (χ2v) is 2.69. The molecule has 0 aliphatic rings. The first kappa shape index (κ1) is 13.4. The largest absolute Gasteiger partial charge is 0.366 e. The van der Waals surface area contributed by atoms with Crippen molar-refractivity contribution in [3.63, 3.8) is 0 Å². The average Bonchev–Trinajstić information content (AvgIpc) is 2.05. The summed E-state index contributed by atoms with van der Waals surface area (Å²) < 4.78 is 11.1. The van der Waals surface area contributed by atoms with Gasteiger partial charge in [-0.2, -0.15) is 0 Å². The van der Waals surface area contributed by atoms with E-state index in [4.69, 9.17) is 5.11 Å². The van der Waals surface area contributed by atoms with Gasteiger partial charge in [-0.1, -0.05) is 0 Å². The van der Waals surface area contributed by atoms with E-state index in [0.29, 0.717) is 0 Å². The monoisotopic (exact) mass is 166 g/mol. The van der Waals surface area contributed by atoms with Crippen LogP contribution >= 0.6 is 0 Å². The smallest absolute Gasteiger partial charge is 0.185 e. The van der Waals surface area contributed by atoms with Crippen molar-refractivity contribution in [2.45, 2.75) is 20.8 Å². The van der Waals surface area contributed by atoms with Crippen LogP contribution in [-0.4, -0.2) is 43.1 Å². The number of rotatable bonds is 3. The van der Waals surface area contributed by atoms with E-state index in [1.165, 1.54) is 24.1 Å². The van der Waals surface area contributed by atoms with E-state index in [-0.39, 0.29) is 0 Å². The van der Waals surface area contributed by atoms with Crippen molar-refractivity contribution in [3.05, 3.63) is 0 Å². The quantitative estimate of drug-likeness (QED) is 0.628. The fourth-order valence-electron chi connectivity index (χ4n) is 0.671.